The number of fused-ring (bicyclic) bond motifs is 1. The smallest absolute Gasteiger partial charge is 0.329 e. The largest absolute Gasteiger partial charge is 0.458 e. The zero-order valence-corrected chi connectivity index (χ0v) is 14.4. The Morgan fingerprint density at radius 1 is 1.26 bits per heavy atom. The van der Waals surface area contributed by atoms with Gasteiger partial charge in [-0.05, 0) is 39.3 Å². The first kappa shape index (κ1) is 17.3. The van der Waals surface area contributed by atoms with Crippen molar-refractivity contribution in [1.82, 2.24) is 4.98 Å². The predicted molar refractivity (Wildman–Crippen MR) is 94.5 cm³/mol. The van der Waals surface area contributed by atoms with Gasteiger partial charge in [0.05, 0.1) is 11.2 Å². The molecule has 0 aliphatic rings. The van der Waals surface area contributed by atoms with E-state index >= 15 is 0 Å². The molecular weight excluding hydrogens is 288 g/mol. The Kier molecular flexibility index (Phi) is 5.59. The fourth-order valence-corrected chi connectivity index (χ4v) is 2.44. The van der Waals surface area contributed by atoms with Gasteiger partial charge in [0.15, 0.2) is 0 Å². The third-order valence-electron chi connectivity index (χ3n) is 3.50. The van der Waals surface area contributed by atoms with Crippen molar-refractivity contribution >= 4 is 22.6 Å². The molecule has 0 aliphatic heterocycles. The van der Waals surface area contributed by atoms with Crippen LogP contribution in [0, 0.1) is 0 Å². The number of unbranched alkanes of at least 4 members (excludes halogenated alkanes) is 1. The Bertz CT molecular complexity index is 656. The highest BCUT2D eigenvalue weighted by molar-refractivity contribution is 5.92. The molecule has 2 rings (SSSR count). The summed E-state index contributed by atoms with van der Waals surface area (Å²) < 4.78 is 5.56. The fourth-order valence-electron chi connectivity index (χ4n) is 2.44. The van der Waals surface area contributed by atoms with Crippen LogP contribution in [-0.4, -0.2) is 22.6 Å². The quantitative estimate of drug-likeness (QED) is 0.795. The number of hydrogen-bond acceptors (Lipinski definition) is 4. The number of esters is 1. The molecule has 0 saturated heterocycles. The van der Waals surface area contributed by atoms with Crippen LogP contribution >= 0.6 is 0 Å². The maximum Gasteiger partial charge on any atom is 0.329 e. The van der Waals surface area contributed by atoms with Crippen molar-refractivity contribution in [1.29, 1.82) is 0 Å². The second kappa shape index (κ2) is 7.44. The summed E-state index contributed by atoms with van der Waals surface area (Å²) in [5.41, 5.74) is 1.26. The first-order valence-electron chi connectivity index (χ1n) is 8.24. The Morgan fingerprint density at radius 2 is 2.00 bits per heavy atom. The standard InChI is InChI=1S/C19H26N2O2/c1-5-6-11-16(18(22)23-19(2,3)4)21-15-12-7-9-14-10-8-13-20-17(14)15/h7-10,12-13,16,21H,5-6,11H2,1-4H3/t16-/m1/s1. The summed E-state index contributed by atoms with van der Waals surface area (Å²) in [4.78, 5) is 16.9. The molecule has 2 aromatic rings. The molecule has 0 bridgehead atoms. The number of benzene rings is 1. The van der Waals surface area contributed by atoms with Crippen molar-refractivity contribution in [2.75, 3.05) is 5.32 Å². The molecule has 0 unspecified atom stereocenters. The lowest BCUT2D eigenvalue weighted by Gasteiger charge is -2.25. The maximum absolute atomic E-state index is 12.5. The molecule has 1 atom stereocenters. The summed E-state index contributed by atoms with van der Waals surface area (Å²) in [5, 5.41) is 4.39. The molecule has 23 heavy (non-hydrogen) atoms. The molecule has 0 aliphatic carbocycles. The van der Waals surface area contributed by atoms with E-state index in [1.807, 2.05) is 51.1 Å². The number of rotatable bonds is 6. The highest BCUT2D eigenvalue weighted by Crippen LogP contribution is 2.23. The third-order valence-corrected chi connectivity index (χ3v) is 3.50. The van der Waals surface area contributed by atoms with Crippen molar-refractivity contribution in [3.8, 4) is 0 Å². The third kappa shape index (κ3) is 4.95. The Labute approximate surface area is 138 Å². The zero-order valence-electron chi connectivity index (χ0n) is 14.4. The normalized spacial score (nSPS) is 12.9. The lowest BCUT2D eigenvalue weighted by molar-refractivity contribution is -0.155. The SMILES string of the molecule is CCCC[C@@H](Nc1cccc2cccnc12)C(=O)OC(C)(C)C. The van der Waals surface area contributed by atoms with Gasteiger partial charge in [-0.3, -0.25) is 4.98 Å². The number of anilines is 1. The number of ether oxygens (including phenoxy) is 1. The summed E-state index contributed by atoms with van der Waals surface area (Å²) in [5.74, 6) is -0.209. The second-order valence-electron chi connectivity index (χ2n) is 6.75. The Balaban J connectivity index is 2.24. The lowest BCUT2D eigenvalue weighted by atomic mass is 10.1. The number of nitrogens with zero attached hydrogens (tertiary/aromatic N) is 1. The van der Waals surface area contributed by atoms with Crippen LogP contribution in [0.1, 0.15) is 47.0 Å². The number of carbonyl (C=O) groups excluding carboxylic acids is 1. The predicted octanol–water partition coefficient (Wildman–Crippen LogP) is 4.55. The first-order chi connectivity index (χ1) is 10.9. The van der Waals surface area contributed by atoms with Crippen LogP contribution in [0.15, 0.2) is 36.5 Å². The topological polar surface area (TPSA) is 51.2 Å². The zero-order chi connectivity index (χ0) is 16.9. The summed E-state index contributed by atoms with van der Waals surface area (Å²) in [6.45, 7) is 7.79. The Hall–Kier alpha value is -2.10. The van der Waals surface area contributed by atoms with E-state index in [0.29, 0.717) is 0 Å². The molecule has 1 N–H and O–H groups in total. The number of aromatic nitrogens is 1. The fraction of sp³-hybridized carbons (Fsp3) is 0.474. The maximum atomic E-state index is 12.5. The molecule has 0 fully saturated rings. The van der Waals surface area contributed by atoms with E-state index in [2.05, 4.69) is 17.2 Å². The minimum atomic E-state index is -0.486. The number of nitrogens with one attached hydrogen (secondary N) is 1. The molecule has 4 heteroatoms. The molecular formula is C19H26N2O2. The highest BCUT2D eigenvalue weighted by Gasteiger charge is 2.25. The van der Waals surface area contributed by atoms with Gasteiger partial charge in [-0.25, -0.2) is 4.79 Å². The minimum Gasteiger partial charge on any atom is -0.458 e. The van der Waals surface area contributed by atoms with Crippen molar-refractivity contribution in [3.63, 3.8) is 0 Å². The van der Waals surface area contributed by atoms with E-state index in [1.54, 1.807) is 6.20 Å². The van der Waals surface area contributed by atoms with Crippen molar-refractivity contribution in [2.45, 2.75) is 58.6 Å². The number of para-hydroxylation sites is 1. The van der Waals surface area contributed by atoms with E-state index < -0.39 is 5.60 Å². The summed E-state index contributed by atoms with van der Waals surface area (Å²) in [7, 11) is 0. The van der Waals surface area contributed by atoms with E-state index in [9.17, 15) is 4.79 Å². The monoisotopic (exact) mass is 314 g/mol. The lowest BCUT2D eigenvalue weighted by Crippen LogP contribution is -2.36. The minimum absolute atomic E-state index is 0.209. The first-order valence-corrected chi connectivity index (χ1v) is 8.24. The molecule has 1 aromatic heterocycles. The van der Waals surface area contributed by atoms with E-state index in [-0.39, 0.29) is 12.0 Å². The van der Waals surface area contributed by atoms with Crippen LogP contribution in [0.25, 0.3) is 10.9 Å². The summed E-state index contributed by atoms with van der Waals surface area (Å²) in [6.07, 6.45) is 4.51. The molecule has 4 nitrogen and oxygen atoms in total. The summed E-state index contributed by atoms with van der Waals surface area (Å²) >= 11 is 0. The van der Waals surface area contributed by atoms with Gasteiger partial charge in [0.25, 0.3) is 0 Å². The van der Waals surface area contributed by atoms with Crippen molar-refractivity contribution in [3.05, 3.63) is 36.5 Å². The highest BCUT2D eigenvalue weighted by atomic mass is 16.6. The second-order valence-corrected chi connectivity index (χ2v) is 6.75. The van der Waals surface area contributed by atoms with Crippen LogP contribution in [0.4, 0.5) is 5.69 Å². The van der Waals surface area contributed by atoms with E-state index in [1.165, 1.54) is 0 Å². The van der Waals surface area contributed by atoms with E-state index in [4.69, 9.17) is 4.74 Å². The van der Waals surface area contributed by atoms with Gasteiger partial charge in [0.1, 0.15) is 11.6 Å². The molecule has 1 aromatic carbocycles. The molecule has 0 saturated carbocycles. The summed E-state index contributed by atoms with van der Waals surface area (Å²) in [6, 6.07) is 9.51. The molecule has 1 heterocycles. The van der Waals surface area contributed by atoms with Gasteiger partial charge in [-0.15, -0.1) is 0 Å². The van der Waals surface area contributed by atoms with Crippen LogP contribution in [0.3, 0.4) is 0 Å². The Morgan fingerprint density at radius 3 is 2.70 bits per heavy atom. The number of pyridine rings is 1. The van der Waals surface area contributed by atoms with Crippen LogP contribution < -0.4 is 5.32 Å². The van der Waals surface area contributed by atoms with Gasteiger partial charge < -0.3 is 10.1 Å². The molecule has 124 valence electrons. The van der Waals surface area contributed by atoms with Gasteiger partial charge in [0, 0.05) is 11.6 Å². The van der Waals surface area contributed by atoms with Crippen LogP contribution in [0.5, 0.6) is 0 Å². The van der Waals surface area contributed by atoms with Gasteiger partial charge >= 0.3 is 5.97 Å². The number of hydrogen-bond donors (Lipinski definition) is 1. The van der Waals surface area contributed by atoms with Crippen molar-refractivity contribution in [2.24, 2.45) is 0 Å². The van der Waals surface area contributed by atoms with Crippen LogP contribution in [-0.2, 0) is 9.53 Å². The van der Waals surface area contributed by atoms with Gasteiger partial charge in [-0.2, -0.15) is 0 Å². The molecule has 0 spiro atoms. The van der Waals surface area contributed by atoms with Crippen LogP contribution in [0.2, 0.25) is 0 Å². The van der Waals surface area contributed by atoms with Gasteiger partial charge in [-0.1, -0.05) is 38.0 Å². The number of carbonyl (C=O) groups is 1. The van der Waals surface area contributed by atoms with Gasteiger partial charge in [0.2, 0.25) is 0 Å². The molecule has 0 radical (unpaired) electrons. The average Bonchev–Trinajstić information content (AvgIpc) is 2.49. The van der Waals surface area contributed by atoms with Crippen molar-refractivity contribution < 1.29 is 9.53 Å². The van der Waals surface area contributed by atoms with E-state index in [0.717, 1.165) is 35.9 Å². The average molecular weight is 314 g/mol. The molecule has 0 amide bonds.